The van der Waals surface area contributed by atoms with Crippen molar-refractivity contribution in [2.24, 2.45) is 10.9 Å². The lowest BCUT2D eigenvalue weighted by Gasteiger charge is -2.11. The van der Waals surface area contributed by atoms with Crippen molar-refractivity contribution in [3.8, 4) is 0 Å². The van der Waals surface area contributed by atoms with Gasteiger partial charge in [-0.25, -0.2) is 0 Å². The molecule has 1 aliphatic carbocycles. The molecule has 0 heterocycles. The molecule has 20 heavy (non-hydrogen) atoms. The minimum absolute atomic E-state index is 0.134. The van der Waals surface area contributed by atoms with E-state index in [1.54, 1.807) is 0 Å². The van der Waals surface area contributed by atoms with Gasteiger partial charge >= 0.3 is 0 Å². The molecule has 1 aromatic rings. The molecule has 0 unspecified atom stereocenters. The molecular weight excluding hydrogens is 254 g/mol. The summed E-state index contributed by atoms with van der Waals surface area (Å²) in [6, 6.07) is 7.64. The third-order valence-electron chi connectivity index (χ3n) is 3.62. The van der Waals surface area contributed by atoms with E-state index in [0.29, 0.717) is 6.10 Å². The number of hydrogen-bond donors (Lipinski definition) is 3. The molecule has 0 aliphatic heterocycles. The molecule has 0 atom stereocenters. The van der Waals surface area contributed by atoms with E-state index in [1.165, 1.54) is 31.2 Å². The minimum Gasteiger partial charge on any atom is -0.409 e. The number of nitrogens with two attached hydrogens (primary N) is 1. The molecule has 5 nitrogen and oxygen atoms in total. The highest BCUT2D eigenvalue weighted by Crippen LogP contribution is 2.20. The second-order valence-corrected chi connectivity index (χ2v) is 5.14. The van der Waals surface area contributed by atoms with E-state index in [2.05, 4.69) is 10.5 Å². The van der Waals surface area contributed by atoms with Crippen LogP contribution in [0.15, 0.2) is 29.4 Å². The number of rotatable bonds is 7. The summed E-state index contributed by atoms with van der Waals surface area (Å²) in [6.07, 6.45) is 5.54. The zero-order valence-electron chi connectivity index (χ0n) is 11.7. The molecule has 0 spiro atoms. The third kappa shape index (κ3) is 4.51. The first kappa shape index (κ1) is 14.8. The first-order chi connectivity index (χ1) is 9.79. The number of ether oxygens (including phenoxy) is 1. The van der Waals surface area contributed by atoms with Gasteiger partial charge in [-0.3, -0.25) is 0 Å². The topological polar surface area (TPSA) is 79.9 Å². The highest BCUT2D eigenvalue weighted by Gasteiger charge is 2.14. The van der Waals surface area contributed by atoms with E-state index in [9.17, 15) is 0 Å². The summed E-state index contributed by atoms with van der Waals surface area (Å²) in [4.78, 5) is 0. The number of hydrogen-bond acceptors (Lipinski definition) is 4. The lowest BCUT2D eigenvalue weighted by atomic mass is 10.1. The molecule has 110 valence electrons. The zero-order chi connectivity index (χ0) is 14.2. The zero-order valence-corrected chi connectivity index (χ0v) is 11.7. The van der Waals surface area contributed by atoms with Crippen molar-refractivity contribution >= 4 is 5.84 Å². The highest BCUT2D eigenvalue weighted by molar-refractivity contribution is 5.96. The molecule has 0 radical (unpaired) electrons. The smallest absolute Gasteiger partial charge is 0.170 e. The Bertz CT molecular complexity index is 425. The summed E-state index contributed by atoms with van der Waals surface area (Å²) >= 11 is 0. The van der Waals surface area contributed by atoms with Gasteiger partial charge in [-0.05, 0) is 18.4 Å². The Labute approximate surface area is 119 Å². The fourth-order valence-electron chi connectivity index (χ4n) is 2.44. The van der Waals surface area contributed by atoms with Crippen molar-refractivity contribution in [2.75, 3.05) is 13.2 Å². The summed E-state index contributed by atoms with van der Waals surface area (Å²) in [7, 11) is 0. The van der Waals surface area contributed by atoms with Crippen molar-refractivity contribution in [3.05, 3.63) is 35.4 Å². The summed E-state index contributed by atoms with van der Waals surface area (Å²) < 4.78 is 5.78. The number of amidine groups is 1. The molecule has 1 aromatic carbocycles. The number of benzene rings is 1. The van der Waals surface area contributed by atoms with Crippen LogP contribution in [0, 0.1) is 0 Å². The molecule has 0 saturated heterocycles. The van der Waals surface area contributed by atoms with Crippen LogP contribution in [0.2, 0.25) is 0 Å². The van der Waals surface area contributed by atoms with Crippen molar-refractivity contribution in [2.45, 2.75) is 38.3 Å². The molecule has 0 aromatic heterocycles. The fraction of sp³-hybridized carbons (Fsp3) is 0.533. The largest absolute Gasteiger partial charge is 0.409 e. The molecule has 1 saturated carbocycles. The van der Waals surface area contributed by atoms with Gasteiger partial charge in [-0.15, -0.1) is 0 Å². The van der Waals surface area contributed by atoms with Gasteiger partial charge in [0, 0.05) is 18.7 Å². The van der Waals surface area contributed by atoms with Gasteiger partial charge in [-0.1, -0.05) is 42.3 Å². The minimum atomic E-state index is 0.134. The van der Waals surface area contributed by atoms with E-state index in [0.717, 1.165) is 25.3 Å². The van der Waals surface area contributed by atoms with E-state index in [1.807, 2.05) is 24.3 Å². The maximum absolute atomic E-state index is 8.58. The monoisotopic (exact) mass is 277 g/mol. The van der Waals surface area contributed by atoms with Crippen molar-refractivity contribution in [1.82, 2.24) is 5.32 Å². The molecular formula is C15H23N3O2. The average molecular weight is 277 g/mol. The fourth-order valence-corrected chi connectivity index (χ4v) is 2.44. The summed E-state index contributed by atoms with van der Waals surface area (Å²) in [5.41, 5.74) is 7.40. The maximum atomic E-state index is 8.58. The first-order valence-corrected chi connectivity index (χ1v) is 7.19. The van der Waals surface area contributed by atoms with Gasteiger partial charge in [-0.2, -0.15) is 0 Å². The standard InChI is InChI=1S/C15H23N3O2/c16-15(18-19)13-7-5-12(6-8-13)11-17-9-10-20-14-3-1-2-4-14/h5-8,14,17,19H,1-4,9-11H2,(H2,16,18). The second-order valence-electron chi connectivity index (χ2n) is 5.14. The number of nitrogens with zero attached hydrogens (tertiary/aromatic N) is 1. The Morgan fingerprint density at radius 1 is 1.30 bits per heavy atom. The average Bonchev–Trinajstić information content (AvgIpc) is 3.00. The Morgan fingerprint density at radius 3 is 2.65 bits per heavy atom. The van der Waals surface area contributed by atoms with Crippen LogP contribution in [0.3, 0.4) is 0 Å². The van der Waals surface area contributed by atoms with Gasteiger partial charge in [0.15, 0.2) is 5.84 Å². The van der Waals surface area contributed by atoms with Crippen LogP contribution < -0.4 is 11.1 Å². The molecule has 5 heteroatoms. The lowest BCUT2D eigenvalue weighted by molar-refractivity contribution is 0.0603. The van der Waals surface area contributed by atoms with Crippen LogP contribution in [0.4, 0.5) is 0 Å². The van der Waals surface area contributed by atoms with E-state index >= 15 is 0 Å². The normalized spacial score (nSPS) is 16.7. The molecule has 0 bridgehead atoms. The van der Waals surface area contributed by atoms with Gasteiger partial charge in [0.05, 0.1) is 12.7 Å². The molecule has 4 N–H and O–H groups in total. The van der Waals surface area contributed by atoms with E-state index in [-0.39, 0.29) is 5.84 Å². The van der Waals surface area contributed by atoms with Crippen LogP contribution in [-0.2, 0) is 11.3 Å². The van der Waals surface area contributed by atoms with E-state index < -0.39 is 0 Å². The van der Waals surface area contributed by atoms with Crippen molar-refractivity contribution in [3.63, 3.8) is 0 Å². The Hall–Kier alpha value is -1.59. The predicted octanol–water partition coefficient (Wildman–Crippen LogP) is 1.83. The van der Waals surface area contributed by atoms with Crippen LogP contribution in [0.1, 0.15) is 36.8 Å². The molecule has 0 amide bonds. The third-order valence-corrected chi connectivity index (χ3v) is 3.62. The molecule has 2 rings (SSSR count). The molecule has 1 fully saturated rings. The van der Waals surface area contributed by atoms with Crippen LogP contribution in [-0.4, -0.2) is 30.3 Å². The quantitative estimate of drug-likeness (QED) is 0.233. The predicted molar refractivity (Wildman–Crippen MR) is 78.9 cm³/mol. The van der Waals surface area contributed by atoms with Crippen LogP contribution in [0.5, 0.6) is 0 Å². The van der Waals surface area contributed by atoms with Crippen molar-refractivity contribution < 1.29 is 9.94 Å². The van der Waals surface area contributed by atoms with Crippen LogP contribution in [0.25, 0.3) is 0 Å². The Balaban J connectivity index is 1.63. The van der Waals surface area contributed by atoms with E-state index in [4.69, 9.17) is 15.7 Å². The summed E-state index contributed by atoms with van der Waals surface area (Å²) in [5, 5.41) is 14.9. The van der Waals surface area contributed by atoms with Gasteiger partial charge in [0.1, 0.15) is 0 Å². The van der Waals surface area contributed by atoms with Crippen molar-refractivity contribution in [1.29, 1.82) is 0 Å². The SMILES string of the molecule is NC(=NO)c1ccc(CNCCOC2CCCC2)cc1. The Morgan fingerprint density at radius 2 is 2.00 bits per heavy atom. The number of oxime groups is 1. The van der Waals surface area contributed by atoms with Gasteiger partial charge < -0.3 is 21.0 Å². The summed E-state index contributed by atoms with van der Waals surface area (Å²) in [5.74, 6) is 0.134. The Kier molecular flexibility index (Phi) is 5.83. The highest BCUT2D eigenvalue weighted by atomic mass is 16.5. The van der Waals surface area contributed by atoms with Gasteiger partial charge in [0.25, 0.3) is 0 Å². The first-order valence-electron chi connectivity index (χ1n) is 7.19. The van der Waals surface area contributed by atoms with Crippen LogP contribution >= 0.6 is 0 Å². The second kappa shape index (κ2) is 7.87. The van der Waals surface area contributed by atoms with Gasteiger partial charge in [0.2, 0.25) is 0 Å². The number of nitrogens with one attached hydrogen (secondary N) is 1. The lowest BCUT2D eigenvalue weighted by Crippen LogP contribution is -2.22. The molecule has 1 aliphatic rings. The maximum Gasteiger partial charge on any atom is 0.170 e. The summed E-state index contributed by atoms with van der Waals surface area (Å²) in [6.45, 7) is 2.43.